The van der Waals surface area contributed by atoms with Crippen LogP contribution in [0.1, 0.15) is 29.9 Å². The lowest BCUT2D eigenvalue weighted by molar-refractivity contribution is -0.132. The minimum atomic E-state index is -0.999. The van der Waals surface area contributed by atoms with Crippen LogP contribution in [0.15, 0.2) is 70.9 Å². The van der Waals surface area contributed by atoms with Crippen LogP contribution in [0.3, 0.4) is 0 Å². The quantitative estimate of drug-likeness (QED) is 0.263. The van der Waals surface area contributed by atoms with Gasteiger partial charge in [-0.1, -0.05) is 24.3 Å². The number of ketones is 1. The minimum absolute atomic E-state index is 0.134. The molecule has 1 aliphatic rings. The lowest BCUT2D eigenvalue weighted by atomic mass is 9.99. The maximum Gasteiger partial charge on any atom is 0.302 e. The minimum Gasteiger partial charge on any atom is -0.507 e. The molecule has 3 heterocycles. The molecule has 2 aromatic carbocycles. The molecule has 0 spiro atoms. The maximum absolute atomic E-state index is 13.4. The predicted molar refractivity (Wildman–Crippen MR) is 119 cm³/mol. The molecule has 4 aromatic rings. The first kappa shape index (κ1) is 20.1. The average Bonchev–Trinajstić information content (AvgIpc) is 3.52. The molecule has 32 heavy (non-hydrogen) atoms. The van der Waals surface area contributed by atoms with Crippen molar-refractivity contribution in [3.63, 3.8) is 0 Å². The van der Waals surface area contributed by atoms with Crippen LogP contribution in [0.5, 0.6) is 0 Å². The summed E-state index contributed by atoms with van der Waals surface area (Å²) in [6.07, 6.45) is 2.29. The molecule has 0 saturated carbocycles. The number of carbonyl (C=O) groups excluding carboxylic acids is 2. The number of Topliss-reactive ketones (excluding diaryl/α,β-unsaturated/α-hetero) is 1. The fourth-order valence-corrected chi connectivity index (χ4v) is 4.84. The molecule has 0 bridgehead atoms. The Morgan fingerprint density at radius 3 is 2.66 bits per heavy atom. The van der Waals surface area contributed by atoms with E-state index in [2.05, 4.69) is 4.98 Å². The average molecular weight is 448 g/mol. The number of fused-ring (bicyclic) bond motifs is 1. The zero-order valence-corrected chi connectivity index (χ0v) is 17.7. The number of halogens is 1. The van der Waals surface area contributed by atoms with Crippen LogP contribution in [0.2, 0.25) is 0 Å². The molecule has 1 fully saturated rings. The highest BCUT2D eigenvalue weighted by molar-refractivity contribution is 7.22. The molecule has 0 radical (unpaired) electrons. The van der Waals surface area contributed by atoms with Gasteiger partial charge in [0.2, 0.25) is 0 Å². The summed E-state index contributed by atoms with van der Waals surface area (Å²) in [7, 11) is 0. The summed E-state index contributed by atoms with van der Waals surface area (Å²) in [5.41, 5.74) is 1.93. The van der Waals surface area contributed by atoms with Crippen molar-refractivity contribution in [2.45, 2.75) is 19.4 Å². The molecular formula is C24H17FN2O4S. The van der Waals surface area contributed by atoms with E-state index in [9.17, 15) is 19.1 Å². The number of aromatic nitrogens is 1. The largest absolute Gasteiger partial charge is 0.507 e. The van der Waals surface area contributed by atoms with E-state index in [0.29, 0.717) is 16.4 Å². The fourth-order valence-electron chi connectivity index (χ4n) is 3.79. The number of rotatable bonds is 4. The topological polar surface area (TPSA) is 83.6 Å². The van der Waals surface area contributed by atoms with E-state index in [1.54, 1.807) is 12.1 Å². The van der Waals surface area contributed by atoms with Gasteiger partial charge in [-0.25, -0.2) is 9.37 Å². The molecule has 0 unspecified atom stereocenters. The van der Waals surface area contributed by atoms with Gasteiger partial charge in [0, 0.05) is 5.56 Å². The number of aliphatic hydroxyl groups is 1. The predicted octanol–water partition coefficient (Wildman–Crippen LogP) is 5.22. The number of thiazole rings is 1. The Morgan fingerprint density at radius 1 is 1.19 bits per heavy atom. The van der Waals surface area contributed by atoms with Gasteiger partial charge in [0.25, 0.3) is 5.78 Å². The third kappa shape index (κ3) is 3.20. The Morgan fingerprint density at radius 2 is 1.97 bits per heavy atom. The molecule has 1 saturated heterocycles. The molecule has 5 rings (SSSR count). The number of anilines is 1. The second-order valence-electron chi connectivity index (χ2n) is 7.34. The summed E-state index contributed by atoms with van der Waals surface area (Å²) in [4.78, 5) is 32.0. The molecular weight excluding hydrogens is 431 g/mol. The summed E-state index contributed by atoms with van der Waals surface area (Å²) in [5, 5.41) is 11.3. The van der Waals surface area contributed by atoms with E-state index in [1.165, 1.54) is 46.8 Å². The summed E-state index contributed by atoms with van der Waals surface area (Å²) < 4.78 is 19.8. The number of carbonyl (C=O) groups is 2. The molecule has 0 aliphatic carbocycles. The highest BCUT2D eigenvalue weighted by Gasteiger charge is 2.49. The second-order valence-corrected chi connectivity index (χ2v) is 8.35. The Kier molecular flexibility index (Phi) is 4.86. The number of amides is 1. The third-order valence-corrected chi connectivity index (χ3v) is 6.45. The summed E-state index contributed by atoms with van der Waals surface area (Å²) in [5.74, 6) is -2.25. The summed E-state index contributed by atoms with van der Waals surface area (Å²) in [6.45, 7) is 2.05. The van der Waals surface area contributed by atoms with E-state index in [0.717, 1.165) is 16.7 Å². The molecule has 160 valence electrons. The zero-order chi connectivity index (χ0) is 22.4. The molecule has 6 nitrogen and oxygen atoms in total. The Bertz CT molecular complexity index is 1370. The Hall–Kier alpha value is -3.78. The Balaban J connectivity index is 1.69. The van der Waals surface area contributed by atoms with Crippen LogP contribution in [-0.2, 0) is 16.0 Å². The van der Waals surface area contributed by atoms with E-state index in [1.807, 2.05) is 25.1 Å². The smallest absolute Gasteiger partial charge is 0.302 e. The zero-order valence-electron chi connectivity index (χ0n) is 16.9. The van der Waals surface area contributed by atoms with Crippen molar-refractivity contribution in [1.29, 1.82) is 0 Å². The van der Waals surface area contributed by atoms with Gasteiger partial charge in [-0.05, 0) is 60.5 Å². The van der Waals surface area contributed by atoms with Gasteiger partial charge in [0.15, 0.2) is 5.13 Å². The molecule has 1 N–H and O–H groups in total. The first-order chi connectivity index (χ1) is 15.5. The van der Waals surface area contributed by atoms with Crippen LogP contribution in [0.25, 0.3) is 16.0 Å². The van der Waals surface area contributed by atoms with Crippen LogP contribution >= 0.6 is 11.3 Å². The SMILES string of the molecule is CCc1ccc2nc(N3C(=O)C(=O)/C(=C(/O)c4ccc(F)cc4)[C@@H]3c3ccco3)sc2c1. The first-order valence-electron chi connectivity index (χ1n) is 9.97. The first-order valence-corrected chi connectivity index (χ1v) is 10.8. The molecule has 1 atom stereocenters. The number of nitrogens with zero attached hydrogens (tertiary/aromatic N) is 2. The number of furan rings is 1. The maximum atomic E-state index is 13.4. The lowest BCUT2D eigenvalue weighted by Gasteiger charge is -2.20. The lowest BCUT2D eigenvalue weighted by Crippen LogP contribution is -2.29. The Labute approximate surface area is 186 Å². The van der Waals surface area contributed by atoms with Gasteiger partial charge in [-0.2, -0.15) is 0 Å². The molecule has 1 amide bonds. The highest BCUT2D eigenvalue weighted by Crippen LogP contribution is 2.44. The highest BCUT2D eigenvalue weighted by atomic mass is 32.1. The van der Waals surface area contributed by atoms with Crippen molar-refractivity contribution in [2.75, 3.05) is 4.90 Å². The normalized spacial score (nSPS) is 18.1. The van der Waals surface area contributed by atoms with Crippen LogP contribution in [0, 0.1) is 5.82 Å². The van der Waals surface area contributed by atoms with Gasteiger partial charge in [0.05, 0.1) is 22.1 Å². The summed E-state index contributed by atoms with van der Waals surface area (Å²) in [6, 6.07) is 13.2. The van der Waals surface area contributed by atoms with Crippen molar-refractivity contribution in [1.82, 2.24) is 4.98 Å². The van der Waals surface area contributed by atoms with Crippen LogP contribution < -0.4 is 4.90 Å². The van der Waals surface area contributed by atoms with Crippen molar-refractivity contribution in [3.05, 3.63) is 89.1 Å². The number of hydrogen-bond acceptors (Lipinski definition) is 6. The number of aliphatic hydroxyl groups excluding tert-OH is 1. The van der Waals surface area contributed by atoms with Gasteiger partial charge in [-0.3, -0.25) is 14.5 Å². The summed E-state index contributed by atoms with van der Waals surface area (Å²) >= 11 is 1.29. The third-order valence-electron chi connectivity index (χ3n) is 5.43. The van der Waals surface area contributed by atoms with E-state index in [4.69, 9.17) is 4.42 Å². The standard InChI is InChI=1S/C24H17FN2O4S/c1-2-13-5-10-16-18(12-13)32-24(26-16)27-20(17-4-3-11-31-17)19(22(29)23(27)30)21(28)14-6-8-15(25)9-7-14/h3-12,20,28H,2H2,1H3/b21-19+/t20-/m0/s1. The van der Waals surface area contributed by atoms with E-state index < -0.39 is 29.3 Å². The van der Waals surface area contributed by atoms with Gasteiger partial charge in [0.1, 0.15) is 23.4 Å². The van der Waals surface area contributed by atoms with Crippen LogP contribution in [0.4, 0.5) is 9.52 Å². The van der Waals surface area contributed by atoms with E-state index in [-0.39, 0.29) is 11.1 Å². The van der Waals surface area contributed by atoms with Gasteiger partial charge >= 0.3 is 5.91 Å². The van der Waals surface area contributed by atoms with Crippen molar-refractivity contribution in [2.24, 2.45) is 0 Å². The van der Waals surface area contributed by atoms with Gasteiger partial charge in [-0.15, -0.1) is 0 Å². The van der Waals surface area contributed by atoms with Crippen molar-refractivity contribution < 1.29 is 23.5 Å². The second kappa shape index (κ2) is 7.72. The van der Waals surface area contributed by atoms with Crippen molar-refractivity contribution in [3.8, 4) is 0 Å². The van der Waals surface area contributed by atoms with Gasteiger partial charge < -0.3 is 9.52 Å². The molecule has 1 aliphatic heterocycles. The molecule has 8 heteroatoms. The molecule has 2 aromatic heterocycles. The van der Waals surface area contributed by atoms with E-state index >= 15 is 0 Å². The number of hydrogen-bond donors (Lipinski definition) is 1. The number of aryl methyl sites for hydroxylation is 1. The monoisotopic (exact) mass is 448 g/mol. The fraction of sp³-hybridized carbons (Fsp3) is 0.125. The van der Waals surface area contributed by atoms with Crippen LogP contribution in [-0.4, -0.2) is 21.8 Å². The number of benzene rings is 2. The van der Waals surface area contributed by atoms with Crippen molar-refractivity contribution >= 4 is 44.1 Å².